The zero-order valence-corrected chi connectivity index (χ0v) is 10.2. The summed E-state index contributed by atoms with van der Waals surface area (Å²) < 4.78 is 43.7. The van der Waals surface area contributed by atoms with E-state index in [0.717, 1.165) is 0 Å². The Morgan fingerprint density at radius 2 is 2.16 bits per heavy atom. The monoisotopic (exact) mass is 274 g/mol. The third-order valence-electron chi connectivity index (χ3n) is 3.25. The lowest BCUT2D eigenvalue weighted by atomic mass is 9.88. The van der Waals surface area contributed by atoms with Gasteiger partial charge < -0.3 is 9.84 Å². The van der Waals surface area contributed by atoms with Crippen molar-refractivity contribution in [1.29, 1.82) is 0 Å². The number of hydrogen-bond donors (Lipinski definition) is 1. The molecule has 1 aromatic carbocycles. The first-order valence-electron chi connectivity index (χ1n) is 5.91. The van der Waals surface area contributed by atoms with Crippen molar-refractivity contribution in [2.24, 2.45) is 5.92 Å². The summed E-state index contributed by atoms with van der Waals surface area (Å²) in [7, 11) is 0. The minimum atomic E-state index is -4.69. The molecule has 0 spiro atoms. The molecule has 3 nitrogen and oxygen atoms in total. The number of carboxylic acid groups (broad SMARTS) is 1. The third kappa shape index (κ3) is 2.52. The Morgan fingerprint density at radius 1 is 1.47 bits per heavy atom. The molecular weight excluding hydrogens is 261 g/mol. The summed E-state index contributed by atoms with van der Waals surface area (Å²) in [5, 5.41) is 8.94. The van der Waals surface area contributed by atoms with Crippen molar-refractivity contribution in [3.05, 3.63) is 29.3 Å². The SMILES string of the molecule is CCc1cccc2c1OC(C(F)(F)F)C(C(=O)O)C2. The fourth-order valence-electron chi connectivity index (χ4n) is 2.29. The van der Waals surface area contributed by atoms with Crippen molar-refractivity contribution < 1.29 is 27.8 Å². The summed E-state index contributed by atoms with van der Waals surface area (Å²) >= 11 is 0. The lowest BCUT2D eigenvalue weighted by molar-refractivity contribution is -0.217. The Balaban J connectivity index is 2.45. The van der Waals surface area contributed by atoms with Crippen molar-refractivity contribution in [3.63, 3.8) is 0 Å². The van der Waals surface area contributed by atoms with Crippen LogP contribution in [0.3, 0.4) is 0 Å². The first kappa shape index (κ1) is 13.7. The van der Waals surface area contributed by atoms with Crippen LogP contribution < -0.4 is 4.74 Å². The maximum Gasteiger partial charge on any atom is 0.426 e. The van der Waals surface area contributed by atoms with Gasteiger partial charge in [-0.2, -0.15) is 13.2 Å². The molecule has 0 bridgehead atoms. The highest BCUT2D eigenvalue weighted by atomic mass is 19.4. The second kappa shape index (κ2) is 4.75. The number of halogens is 3. The molecule has 2 atom stereocenters. The molecule has 0 saturated heterocycles. The van der Waals surface area contributed by atoms with Gasteiger partial charge in [-0.15, -0.1) is 0 Å². The highest BCUT2D eigenvalue weighted by Crippen LogP contribution is 2.40. The molecule has 6 heteroatoms. The van der Waals surface area contributed by atoms with Crippen LogP contribution in [0.4, 0.5) is 13.2 Å². The van der Waals surface area contributed by atoms with E-state index < -0.39 is 24.2 Å². The maximum atomic E-state index is 12.9. The van der Waals surface area contributed by atoms with E-state index >= 15 is 0 Å². The smallest absolute Gasteiger partial charge is 0.426 e. The summed E-state index contributed by atoms with van der Waals surface area (Å²) in [5.41, 5.74) is 1.18. The lowest BCUT2D eigenvalue weighted by Gasteiger charge is -2.33. The van der Waals surface area contributed by atoms with Crippen LogP contribution in [0.2, 0.25) is 0 Å². The molecule has 0 saturated carbocycles. The number of aliphatic carboxylic acids is 1. The third-order valence-corrected chi connectivity index (χ3v) is 3.25. The Kier molecular flexibility index (Phi) is 3.43. The standard InChI is InChI=1S/C13H13F3O3/c1-2-7-4-3-5-8-6-9(12(17)18)11(13(14,15)16)19-10(7)8/h3-5,9,11H,2,6H2,1H3,(H,17,18). The Labute approximate surface area is 108 Å². The number of rotatable bonds is 2. The van der Waals surface area contributed by atoms with Gasteiger partial charge in [0.1, 0.15) is 11.7 Å². The molecule has 0 aliphatic carbocycles. The van der Waals surface area contributed by atoms with Gasteiger partial charge in [0.15, 0.2) is 0 Å². The molecule has 1 aliphatic heterocycles. The molecule has 2 unspecified atom stereocenters. The number of hydrogen-bond acceptors (Lipinski definition) is 2. The molecule has 1 aliphatic rings. The molecule has 0 aromatic heterocycles. The van der Waals surface area contributed by atoms with Crippen molar-refractivity contribution in [1.82, 2.24) is 0 Å². The minimum Gasteiger partial charge on any atom is -0.481 e. The second-order valence-electron chi connectivity index (χ2n) is 4.49. The molecule has 0 fully saturated rings. The van der Waals surface area contributed by atoms with Crippen LogP contribution in [-0.2, 0) is 17.6 Å². The van der Waals surface area contributed by atoms with Gasteiger partial charge in [-0.3, -0.25) is 4.79 Å². The van der Waals surface area contributed by atoms with E-state index in [4.69, 9.17) is 9.84 Å². The largest absolute Gasteiger partial charge is 0.481 e. The highest BCUT2D eigenvalue weighted by Gasteiger charge is 2.52. The molecule has 0 radical (unpaired) electrons. The first-order chi connectivity index (χ1) is 8.84. The Bertz CT molecular complexity index is 496. The van der Waals surface area contributed by atoms with Gasteiger partial charge in [0.25, 0.3) is 0 Å². The summed E-state index contributed by atoms with van der Waals surface area (Å²) in [5.74, 6) is -2.90. The Hall–Kier alpha value is -1.72. The van der Waals surface area contributed by atoms with Crippen molar-refractivity contribution in [2.45, 2.75) is 32.0 Å². The van der Waals surface area contributed by atoms with Crippen LogP contribution in [0.5, 0.6) is 5.75 Å². The zero-order chi connectivity index (χ0) is 14.2. The number of carboxylic acids is 1. The highest BCUT2D eigenvalue weighted by molar-refractivity contribution is 5.72. The van der Waals surface area contributed by atoms with Gasteiger partial charge in [-0.05, 0) is 24.0 Å². The number of ether oxygens (including phenoxy) is 1. The maximum absolute atomic E-state index is 12.9. The van der Waals surface area contributed by atoms with E-state index in [9.17, 15) is 18.0 Å². The van der Waals surface area contributed by atoms with Gasteiger partial charge in [0.2, 0.25) is 6.10 Å². The Morgan fingerprint density at radius 3 is 2.68 bits per heavy atom. The summed E-state index contributed by atoms with van der Waals surface area (Å²) in [6.07, 6.45) is -6.61. The fourth-order valence-corrected chi connectivity index (χ4v) is 2.29. The zero-order valence-electron chi connectivity index (χ0n) is 10.2. The molecule has 1 aromatic rings. The lowest BCUT2D eigenvalue weighted by Crippen LogP contribution is -2.47. The molecule has 2 rings (SSSR count). The van der Waals surface area contributed by atoms with Crippen molar-refractivity contribution >= 4 is 5.97 Å². The summed E-state index contributed by atoms with van der Waals surface area (Å²) in [4.78, 5) is 11.0. The normalized spacial score (nSPS) is 22.5. The average molecular weight is 274 g/mol. The summed E-state index contributed by atoms with van der Waals surface area (Å²) in [6, 6.07) is 5.00. The molecule has 19 heavy (non-hydrogen) atoms. The van der Waals surface area contributed by atoms with E-state index in [-0.39, 0.29) is 12.2 Å². The van der Waals surface area contributed by atoms with E-state index in [1.54, 1.807) is 18.2 Å². The quantitative estimate of drug-likeness (QED) is 0.902. The number of aryl methyl sites for hydroxylation is 1. The van der Waals surface area contributed by atoms with Crippen LogP contribution in [0.15, 0.2) is 18.2 Å². The number of fused-ring (bicyclic) bond motifs is 1. The fraction of sp³-hybridized carbons (Fsp3) is 0.462. The molecular formula is C13H13F3O3. The first-order valence-corrected chi connectivity index (χ1v) is 5.91. The average Bonchev–Trinajstić information content (AvgIpc) is 2.35. The van der Waals surface area contributed by atoms with E-state index in [1.807, 2.05) is 6.92 Å². The molecule has 0 amide bonds. The van der Waals surface area contributed by atoms with Gasteiger partial charge >= 0.3 is 12.1 Å². The summed E-state index contributed by atoms with van der Waals surface area (Å²) in [6.45, 7) is 1.81. The predicted molar refractivity (Wildman–Crippen MR) is 61.1 cm³/mol. The van der Waals surface area contributed by atoms with Crippen molar-refractivity contribution in [2.75, 3.05) is 0 Å². The predicted octanol–water partition coefficient (Wildman–Crippen LogP) is 2.82. The molecule has 1 heterocycles. The molecule has 1 N–H and O–H groups in total. The minimum absolute atomic E-state index is 0.164. The number of carbonyl (C=O) groups is 1. The number of alkyl halides is 3. The van der Waals surface area contributed by atoms with Crippen LogP contribution in [0, 0.1) is 5.92 Å². The van der Waals surface area contributed by atoms with Crippen molar-refractivity contribution in [3.8, 4) is 5.75 Å². The second-order valence-corrected chi connectivity index (χ2v) is 4.49. The van der Waals surface area contributed by atoms with Gasteiger partial charge in [0.05, 0.1) is 0 Å². The van der Waals surface area contributed by atoms with E-state index in [2.05, 4.69) is 0 Å². The van der Waals surface area contributed by atoms with Crippen LogP contribution >= 0.6 is 0 Å². The van der Waals surface area contributed by atoms with Crippen LogP contribution in [0.1, 0.15) is 18.1 Å². The van der Waals surface area contributed by atoms with Gasteiger partial charge in [-0.1, -0.05) is 25.1 Å². The number of para-hydroxylation sites is 1. The van der Waals surface area contributed by atoms with Crippen LogP contribution in [-0.4, -0.2) is 23.4 Å². The van der Waals surface area contributed by atoms with Gasteiger partial charge in [-0.25, -0.2) is 0 Å². The van der Waals surface area contributed by atoms with E-state index in [1.165, 1.54) is 0 Å². The topological polar surface area (TPSA) is 46.5 Å². The van der Waals surface area contributed by atoms with E-state index in [0.29, 0.717) is 17.5 Å². The van der Waals surface area contributed by atoms with Gasteiger partial charge in [0, 0.05) is 0 Å². The number of benzene rings is 1. The van der Waals surface area contributed by atoms with Crippen LogP contribution in [0.25, 0.3) is 0 Å². The molecule has 104 valence electrons.